The van der Waals surface area contributed by atoms with Gasteiger partial charge in [-0.3, -0.25) is 14.4 Å². The molecule has 28 rings (SSSR count). The standard InChI is InChI=1S/C117H78O6/c118-109-112(73-49-25-7-26-50-73)91(67-37-13-1-14-38-67)92(68-39-15-2-16-40-68)113(109,74-51-27-8-28-52-74)98-97(112)103-85-61-79-80(62-86(85)104(98)121-103)82-64-88-90(108-102-101(106(88)123-108)116(77-57-33-11-34-58-77)95(71-45-21-5-22-46-71)96(72-47-23-6-24-48-72)117(102,111(116)120)78-59-35-12-36-60-78)66-84(82)83-65-89-87(63-81(79)83)105-99-100(107(89)122-105)115(76-55-31-10-32-56-76)94(70-43-19-4-20-44-70)93(69-41-17-3-18-42-69)114(99,110(115)119)75-53-29-9-30-54-75/h1-66,97-108H. The first-order chi connectivity index (χ1) is 60.8. The van der Waals surface area contributed by atoms with Crippen LogP contribution in [0.3, 0.4) is 0 Å². The van der Waals surface area contributed by atoms with Gasteiger partial charge in [-0.2, -0.15) is 0 Å². The van der Waals surface area contributed by atoms with Crippen LogP contribution < -0.4 is 0 Å². The molecule has 6 aliphatic heterocycles. The molecule has 16 aromatic rings. The number of benzene rings is 16. The molecule has 3 saturated carbocycles. The van der Waals surface area contributed by atoms with Gasteiger partial charge in [0.1, 0.15) is 0 Å². The van der Waals surface area contributed by atoms with Crippen LogP contribution in [0.25, 0.3) is 65.8 Å². The lowest BCUT2D eigenvalue weighted by Gasteiger charge is -2.45. The van der Waals surface area contributed by atoms with Crippen LogP contribution in [0, 0.1) is 35.5 Å². The number of hydrogen-bond donors (Lipinski definition) is 0. The van der Waals surface area contributed by atoms with Crippen molar-refractivity contribution < 1.29 is 28.6 Å². The van der Waals surface area contributed by atoms with Crippen LogP contribution in [-0.2, 0) is 61.1 Å². The Balaban J connectivity index is 0.732. The minimum absolute atomic E-state index is 0.199. The summed E-state index contributed by atoms with van der Waals surface area (Å²) in [7, 11) is 0. The summed E-state index contributed by atoms with van der Waals surface area (Å²) in [5.74, 6) is -1.41. The maximum Gasteiger partial charge on any atom is 0.163 e. The average Bonchev–Trinajstić information content (AvgIpc) is 1.46. The Bertz CT molecular complexity index is 6230. The molecule has 0 aromatic heterocycles. The van der Waals surface area contributed by atoms with Crippen molar-refractivity contribution >= 4 is 83.1 Å². The second-order valence-corrected chi connectivity index (χ2v) is 36.6. The van der Waals surface area contributed by atoms with Crippen LogP contribution >= 0.6 is 0 Å². The molecule has 6 heteroatoms. The van der Waals surface area contributed by atoms with Crippen molar-refractivity contribution in [3.8, 4) is 0 Å². The first-order valence-corrected chi connectivity index (χ1v) is 43.9. The predicted molar refractivity (Wildman–Crippen MR) is 482 cm³/mol. The van der Waals surface area contributed by atoms with Gasteiger partial charge in [0.25, 0.3) is 0 Å². The highest BCUT2D eigenvalue weighted by molar-refractivity contribution is 6.34. The fourth-order valence-corrected chi connectivity index (χ4v) is 29.0. The summed E-state index contributed by atoms with van der Waals surface area (Å²) in [6.07, 6.45) is -3.07. The van der Waals surface area contributed by atoms with E-state index in [0.29, 0.717) is 0 Å². The Morgan fingerprint density at radius 1 is 0.163 bits per heavy atom. The highest BCUT2D eigenvalue weighted by Crippen LogP contribution is 2.86. The smallest absolute Gasteiger partial charge is 0.163 e. The first-order valence-electron chi connectivity index (χ1n) is 43.9. The lowest BCUT2D eigenvalue weighted by Crippen LogP contribution is -2.42. The van der Waals surface area contributed by atoms with Crippen LogP contribution in [0.1, 0.15) is 137 Å². The number of ketones is 3. The zero-order valence-electron chi connectivity index (χ0n) is 67.0. The van der Waals surface area contributed by atoms with E-state index in [0.717, 1.165) is 166 Å². The van der Waals surface area contributed by atoms with Crippen molar-refractivity contribution in [3.05, 3.63) is 501 Å². The van der Waals surface area contributed by atoms with Gasteiger partial charge in [0.2, 0.25) is 0 Å². The molecule has 18 unspecified atom stereocenters. The summed E-state index contributed by atoms with van der Waals surface area (Å²) < 4.78 is 24.2. The maximum atomic E-state index is 17.9. The summed E-state index contributed by atoms with van der Waals surface area (Å²) in [5, 5.41) is 6.48. The number of allylic oxidation sites excluding steroid dienone is 6. The number of Topliss-reactive ketones (excluding diaryl/α,β-unsaturated/α-hetero) is 3. The lowest BCUT2D eigenvalue weighted by atomic mass is 9.53. The van der Waals surface area contributed by atoms with Gasteiger partial charge in [0.05, 0.1) is 69.1 Å². The van der Waals surface area contributed by atoms with Crippen LogP contribution in [-0.4, -0.2) is 17.3 Å². The molecule has 6 aliphatic carbocycles. The minimum Gasteiger partial charge on any atom is -0.365 e. The molecule has 0 radical (unpaired) electrons. The normalized spacial score (nSPS) is 31.0. The third-order valence-electron chi connectivity index (χ3n) is 32.4. The van der Waals surface area contributed by atoms with E-state index in [1.54, 1.807) is 0 Å². The van der Waals surface area contributed by atoms with Gasteiger partial charge in [-0.1, -0.05) is 364 Å². The van der Waals surface area contributed by atoms with E-state index in [-0.39, 0.29) is 52.9 Å². The summed E-state index contributed by atoms with van der Waals surface area (Å²) in [6, 6.07) is 144. The molecule has 6 fully saturated rings. The molecule has 12 bridgehead atoms. The van der Waals surface area contributed by atoms with Crippen molar-refractivity contribution in [3.63, 3.8) is 0 Å². The summed E-state index contributed by atoms with van der Waals surface area (Å²) in [6.45, 7) is 0. The Labute approximate surface area is 712 Å². The third-order valence-corrected chi connectivity index (χ3v) is 32.4. The molecular weight excluding hydrogens is 1500 g/mol. The monoisotopic (exact) mass is 1580 g/mol. The lowest BCUT2D eigenvalue weighted by molar-refractivity contribution is -0.126. The molecule has 12 aliphatic rings. The predicted octanol–water partition coefficient (Wildman–Crippen LogP) is 24.5. The topological polar surface area (TPSA) is 78.9 Å². The van der Waals surface area contributed by atoms with E-state index < -0.39 is 69.1 Å². The molecule has 3 saturated heterocycles. The number of carbonyl (C=O) groups excluding carboxylic acids is 3. The SMILES string of the molecule is O=C1C2(c3ccccc3)C(c3ccccc3)=C(c3ccccc3)C1(c1ccccc1)C1C3OC(c4cc5c6cc7c(cc6c6cc8c(cc6c5cc43)C3OC8C4C3C3(c5ccccc5)C(=O)C4(c4ccccc4)C(c4ccccc4)=C3c3ccccc3)C3OC7C4C3C3(c5ccccc5)C(=O)C4(c4ccccc4)C(c4ccccc4)=C3c3ccccc3)C12. The summed E-state index contributed by atoms with van der Waals surface area (Å²) in [4.78, 5) is 53.8. The van der Waals surface area contributed by atoms with Crippen molar-refractivity contribution in [2.24, 2.45) is 35.5 Å². The van der Waals surface area contributed by atoms with Gasteiger partial charge in [0.15, 0.2) is 17.3 Å². The minimum atomic E-state index is -1.16. The third kappa shape index (κ3) is 7.89. The summed E-state index contributed by atoms with van der Waals surface area (Å²) >= 11 is 0. The molecule has 6 nitrogen and oxygen atoms in total. The van der Waals surface area contributed by atoms with Crippen molar-refractivity contribution in [1.29, 1.82) is 0 Å². The molecule has 0 spiro atoms. The number of rotatable bonds is 12. The van der Waals surface area contributed by atoms with Crippen LogP contribution in [0.5, 0.6) is 0 Å². The second-order valence-electron chi connectivity index (χ2n) is 36.6. The van der Waals surface area contributed by atoms with Crippen molar-refractivity contribution in [1.82, 2.24) is 0 Å². The van der Waals surface area contributed by atoms with Crippen molar-refractivity contribution in [2.75, 3.05) is 0 Å². The largest absolute Gasteiger partial charge is 0.365 e. The Hall–Kier alpha value is -13.6. The van der Waals surface area contributed by atoms with E-state index in [4.69, 9.17) is 14.2 Å². The highest BCUT2D eigenvalue weighted by Gasteiger charge is 2.86. The van der Waals surface area contributed by atoms with Gasteiger partial charge in [0, 0.05) is 35.5 Å². The van der Waals surface area contributed by atoms with Gasteiger partial charge >= 0.3 is 0 Å². The van der Waals surface area contributed by atoms with E-state index in [1.165, 1.54) is 0 Å². The van der Waals surface area contributed by atoms with E-state index in [2.05, 4.69) is 400 Å². The molecule has 0 amide bonds. The van der Waals surface area contributed by atoms with Gasteiger partial charge in [-0.05, 0) is 202 Å². The number of hydrogen-bond acceptors (Lipinski definition) is 6. The summed E-state index contributed by atoms with van der Waals surface area (Å²) in [5.41, 5.74) is 18.0. The number of ether oxygens (including phenoxy) is 3. The van der Waals surface area contributed by atoms with Crippen LogP contribution in [0.2, 0.25) is 0 Å². The number of carbonyl (C=O) groups is 3. The maximum absolute atomic E-state index is 17.9. The Morgan fingerprint density at radius 2 is 0.285 bits per heavy atom. The van der Waals surface area contributed by atoms with E-state index in [9.17, 15) is 0 Å². The molecule has 18 atom stereocenters. The van der Waals surface area contributed by atoms with Gasteiger partial charge in [-0.25, -0.2) is 0 Å². The fraction of sp³-hybridized carbons (Fsp3) is 0.154. The Kier molecular flexibility index (Phi) is 13.7. The average molecular weight is 1580 g/mol. The highest BCUT2D eigenvalue weighted by atomic mass is 16.5. The zero-order chi connectivity index (χ0) is 80.8. The molecular formula is C117H78O6. The molecule has 582 valence electrons. The van der Waals surface area contributed by atoms with E-state index >= 15 is 14.4 Å². The molecule has 6 heterocycles. The second kappa shape index (κ2) is 24.4. The number of fused-ring (bicyclic) bond motifs is 42. The van der Waals surface area contributed by atoms with Crippen molar-refractivity contribution in [2.45, 2.75) is 69.1 Å². The fourth-order valence-electron chi connectivity index (χ4n) is 29.0. The van der Waals surface area contributed by atoms with Gasteiger partial charge < -0.3 is 14.2 Å². The van der Waals surface area contributed by atoms with Crippen LogP contribution in [0.15, 0.2) is 400 Å². The van der Waals surface area contributed by atoms with E-state index in [1.807, 2.05) is 0 Å². The Morgan fingerprint density at radius 3 is 0.415 bits per heavy atom. The molecule has 0 N–H and O–H groups in total. The first kappa shape index (κ1) is 69.1. The van der Waals surface area contributed by atoms with Crippen LogP contribution in [0.4, 0.5) is 0 Å². The molecule has 16 aromatic carbocycles. The molecule has 123 heavy (non-hydrogen) atoms. The van der Waals surface area contributed by atoms with Gasteiger partial charge in [-0.15, -0.1) is 0 Å². The zero-order valence-corrected chi connectivity index (χ0v) is 67.0. The quantitative estimate of drug-likeness (QED) is 0.113.